The van der Waals surface area contributed by atoms with E-state index in [1.807, 2.05) is 52.8 Å². The van der Waals surface area contributed by atoms with Crippen molar-refractivity contribution < 1.29 is 14.3 Å². The first-order chi connectivity index (χ1) is 9.73. The standard InChI is InChI=1S/C17H25NO3/c1-6-13-9-7-8-12(2)16(13)18-14(19)11-21-15(20)10-17(3,4)5/h7-9H,6,10-11H2,1-5H3,(H,18,19). The van der Waals surface area contributed by atoms with E-state index in [1.165, 1.54) is 0 Å². The zero-order valence-corrected chi connectivity index (χ0v) is 13.6. The number of aryl methyl sites for hydroxylation is 2. The largest absolute Gasteiger partial charge is 0.456 e. The van der Waals surface area contributed by atoms with Crippen LogP contribution in [0.3, 0.4) is 0 Å². The average Bonchev–Trinajstić information content (AvgIpc) is 2.37. The molecule has 4 nitrogen and oxygen atoms in total. The van der Waals surface area contributed by atoms with Gasteiger partial charge in [0.15, 0.2) is 6.61 Å². The van der Waals surface area contributed by atoms with Crippen molar-refractivity contribution in [3.8, 4) is 0 Å². The molecular weight excluding hydrogens is 266 g/mol. The first kappa shape index (κ1) is 17.2. The van der Waals surface area contributed by atoms with Crippen LogP contribution in [-0.2, 0) is 20.7 Å². The number of carbonyl (C=O) groups is 2. The van der Waals surface area contributed by atoms with Gasteiger partial charge in [-0.1, -0.05) is 45.9 Å². The van der Waals surface area contributed by atoms with Crippen molar-refractivity contribution in [3.63, 3.8) is 0 Å². The SMILES string of the molecule is CCc1cccc(C)c1NC(=O)COC(=O)CC(C)(C)C. The van der Waals surface area contributed by atoms with Crippen molar-refractivity contribution in [3.05, 3.63) is 29.3 Å². The number of nitrogens with one attached hydrogen (secondary N) is 1. The minimum atomic E-state index is -0.349. The number of rotatable bonds is 5. The summed E-state index contributed by atoms with van der Waals surface area (Å²) in [6, 6.07) is 5.89. The maximum absolute atomic E-state index is 11.9. The van der Waals surface area contributed by atoms with Crippen molar-refractivity contribution in [1.29, 1.82) is 0 Å². The van der Waals surface area contributed by atoms with E-state index < -0.39 is 0 Å². The van der Waals surface area contributed by atoms with Crippen LogP contribution in [0.2, 0.25) is 0 Å². The highest BCUT2D eigenvalue weighted by Gasteiger charge is 2.18. The van der Waals surface area contributed by atoms with Gasteiger partial charge >= 0.3 is 5.97 Å². The summed E-state index contributed by atoms with van der Waals surface area (Å²) in [4.78, 5) is 23.5. The van der Waals surface area contributed by atoms with Crippen LogP contribution in [0.4, 0.5) is 5.69 Å². The van der Waals surface area contributed by atoms with Crippen molar-refractivity contribution in [2.45, 2.75) is 47.5 Å². The highest BCUT2D eigenvalue weighted by Crippen LogP contribution is 2.21. The Morgan fingerprint density at radius 2 is 1.90 bits per heavy atom. The molecule has 1 amide bonds. The zero-order chi connectivity index (χ0) is 16.0. The smallest absolute Gasteiger partial charge is 0.306 e. The van der Waals surface area contributed by atoms with Crippen LogP contribution in [0.1, 0.15) is 45.2 Å². The summed E-state index contributed by atoms with van der Waals surface area (Å²) in [6.07, 6.45) is 1.13. The fraction of sp³-hybridized carbons (Fsp3) is 0.529. The molecule has 0 aliphatic carbocycles. The highest BCUT2D eigenvalue weighted by molar-refractivity contribution is 5.94. The first-order valence-corrected chi connectivity index (χ1v) is 7.27. The molecule has 1 N–H and O–H groups in total. The monoisotopic (exact) mass is 291 g/mol. The van der Waals surface area contributed by atoms with E-state index in [9.17, 15) is 9.59 Å². The molecule has 0 unspecified atom stereocenters. The molecule has 1 aromatic carbocycles. The van der Waals surface area contributed by atoms with Crippen LogP contribution >= 0.6 is 0 Å². The Morgan fingerprint density at radius 3 is 2.48 bits per heavy atom. The Morgan fingerprint density at radius 1 is 1.24 bits per heavy atom. The van der Waals surface area contributed by atoms with Crippen LogP contribution in [0, 0.1) is 12.3 Å². The maximum Gasteiger partial charge on any atom is 0.306 e. The average molecular weight is 291 g/mol. The van der Waals surface area contributed by atoms with Gasteiger partial charge in [0.25, 0.3) is 5.91 Å². The van der Waals surface area contributed by atoms with Crippen molar-refractivity contribution in [2.24, 2.45) is 5.41 Å². The lowest BCUT2D eigenvalue weighted by atomic mass is 9.92. The van der Waals surface area contributed by atoms with E-state index in [1.54, 1.807) is 0 Å². The molecule has 21 heavy (non-hydrogen) atoms. The summed E-state index contributed by atoms with van der Waals surface area (Å²) in [5, 5.41) is 2.83. The summed E-state index contributed by atoms with van der Waals surface area (Å²) in [5.41, 5.74) is 2.75. The third-order valence-corrected chi connectivity index (χ3v) is 3.04. The zero-order valence-electron chi connectivity index (χ0n) is 13.6. The van der Waals surface area contributed by atoms with Crippen molar-refractivity contribution in [2.75, 3.05) is 11.9 Å². The molecule has 0 saturated carbocycles. The second-order valence-corrected chi connectivity index (χ2v) is 6.41. The molecule has 4 heteroatoms. The van der Waals surface area contributed by atoms with Gasteiger partial charge in [0.05, 0.1) is 6.42 Å². The number of carbonyl (C=O) groups excluding carboxylic acids is 2. The molecule has 0 radical (unpaired) electrons. The molecule has 0 fully saturated rings. The van der Waals surface area contributed by atoms with Gasteiger partial charge < -0.3 is 10.1 Å². The summed E-state index contributed by atoms with van der Waals surface area (Å²) >= 11 is 0. The van der Waals surface area contributed by atoms with Gasteiger partial charge in [0.2, 0.25) is 0 Å². The first-order valence-electron chi connectivity index (χ1n) is 7.27. The van der Waals surface area contributed by atoms with Gasteiger partial charge in [-0.3, -0.25) is 9.59 Å². The van der Waals surface area contributed by atoms with E-state index in [-0.39, 0.29) is 23.9 Å². The minimum Gasteiger partial charge on any atom is -0.456 e. The topological polar surface area (TPSA) is 55.4 Å². The number of anilines is 1. The Hall–Kier alpha value is -1.84. The third kappa shape index (κ3) is 5.98. The van der Waals surface area contributed by atoms with Gasteiger partial charge in [0, 0.05) is 5.69 Å². The molecule has 0 atom stereocenters. The fourth-order valence-corrected chi connectivity index (χ4v) is 2.01. The van der Waals surface area contributed by atoms with Gasteiger partial charge in [-0.25, -0.2) is 0 Å². The molecule has 0 aromatic heterocycles. The van der Waals surface area contributed by atoms with Crippen LogP contribution < -0.4 is 5.32 Å². The molecule has 0 heterocycles. The molecule has 0 aliphatic heterocycles. The third-order valence-electron chi connectivity index (χ3n) is 3.04. The Labute approximate surface area is 126 Å². The summed E-state index contributed by atoms with van der Waals surface area (Å²) in [5.74, 6) is -0.653. The second-order valence-electron chi connectivity index (χ2n) is 6.41. The number of ether oxygens (including phenoxy) is 1. The molecule has 1 rings (SSSR count). The Bertz CT molecular complexity index is 515. The van der Waals surface area contributed by atoms with Crippen LogP contribution in [0.25, 0.3) is 0 Å². The predicted molar refractivity (Wildman–Crippen MR) is 84.2 cm³/mol. The van der Waals surface area contributed by atoms with Crippen LogP contribution in [0.5, 0.6) is 0 Å². The molecule has 116 valence electrons. The fourth-order valence-electron chi connectivity index (χ4n) is 2.01. The molecule has 0 bridgehead atoms. The Kier molecular flexibility index (Phi) is 5.94. The van der Waals surface area contributed by atoms with Gasteiger partial charge in [-0.15, -0.1) is 0 Å². The van der Waals surface area contributed by atoms with Crippen LogP contribution in [0.15, 0.2) is 18.2 Å². The molecule has 1 aromatic rings. The molecule has 0 aliphatic rings. The van der Waals surface area contributed by atoms with E-state index >= 15 is 0 Å². The quantitative estimate of drug-likeness (QED) is 0.845. The molecular formula is C17H25NO3. The van der Waals surface area contributed by atoms with Gasteiger partial charge in [-0.2, -0.15) is 0 Å². The van der Waals surface area contributed by atoms with E-state index in [0.717, 1.165) is 23.2 Å². The molecule has 0 saturated heterocycles. The van der Waals surface area contributed by atoms with E-state index in [0.29, 0.717) is 6.42 Å². The van der Waals surface area contributed by atoms with Crippen molar-refractivity contribution in [1.82, 2.24) is 0 Å². The number of amides is 1. The lowest BCUT2D eigenvalue weighted by Gasteiger charge is -2.17. The number of esters is 1. The number of hydrogen-bond donors (Lipinski definition) is 1. The van der Waals surface area contributed by atoms with Crippen LogP contribution in [-0.4, -0.2) is 18.5 Å². The predicted octanol–water partition coefficient (Wildman–Crippen LogP) is 3.48. The summed E-state index contributed by atoms with van der Waals surface area (Å²) in [7, 11) is 0. The lowest BCUT2D eigenvalue weighted by Crippen LogP contribution is -2.24. The van der Waals surface area contributed by atoms with Gasteiger partial charge in [0.1, 0.15) is 0 Å². The lowest BCUT2D eigenvalue weighted by molar-refractivity contribution is -0.149. The number of para-hydroxylation sites is 1. The van der Waals surface area contributed by atoms with Gasteiger partial charge in [-0.05, 0) is 29.9 Å². The summed E-state index contributed by atoms with van der Waals surface area (Å²) < 4.78 is 5.01. The van der Waals surface area contributed by atoms with E-state index in [2.05, 4.69) is 5.32 Å². The highest BCUT2D eigenvalue weighted by atomic mass is 16.5. The maximum atomic E-state index is 11.9. The van der Waals surface area contributed by atoms with E-state index in [4.69, 9.17) is 4.74 Å². The normalized spacial score (nSPS) is 11.1. The molecule has 0 spiro atoms. The summed E-state index contributed by atoms with van der Waals surface area (Å²) in [6.45, 7) is 9.60. The number of hydrogen-bond acceptors (Lipinski definition) is 3. The van der Waals surface area contributed by atoms with Crippen molar-refractivity contribution >= 4 is 17.6 Å². The minimum absolute atomic E-state index is 0.140. The Balaban J connectivity index is 2.57. The number of benzene rings is 1. The second kappa shape index (κ2) is 7.25.